The molecular weight excluding hydrogens is 262 g/mol. The summed E-state index contributed by atoms with van der Waals surface area (Å²) in [7, 11) is 0. The minimum absolute atomic E-state index is 0.778. The zero-order valence-electron chi connectivity index (χ0n) is 13.3. The van der Waals surface area contributed by atoms with Gasteiger partial charge in [0.15, 0.2) is 0 Å². The number of aromatic nitrogens is 4. The van der Waals surface area contributed by atoms with Crippen LogP contribution < -0.4 is 5.32 Å². The van der Waals surface area contributed by atoms with Crippen LogP contribution in [0.4, 0.5) is 0 Å². The summed E-state index contributed by atoms with van der Waals surface area (Å²) in [5.74, 6) is 0. The summed E-state index contributed by atoms with van der Waals surface area (Å²) in [6.07, 6.45) is 7.80. The molecule has 1 N–H and O–H groups in total. The summed E-state index contributed by atoms with van der Waals surface area (Å²) in [5, 5.41) is 12.6. The van der Waals surface area contributed by atoms with Crippen LogP contribution in [0.25, 0.3) is 0 Å². The molecule has 1 aliphatic rings. The second-order valence-corrected chi connectivity index (χ2v) is 5.99. The lowest BCUT2D eigenvalue weighted by Crippen LogP contribution is -2.19. The predicted octanol–water partition coefficient (Wildman–Crippen LogP) is 2.06. The molecule has 3 rings (SSSR count). The van der Waals surface area contributed by atoms with Gasteiger partial charge < -0.3 is 5.32 Å². The Morgan fingerprint density at radius 1 is 1.33 bits per heavy atom. The van der Waals surface area contributed by atoms with Crippen molar-refractivity contribution in [2.45, 2.75) is 59.2 Å². The van der Waals surface area contributed by atoms with Crippen molar-refractivity contribution in [3.05, 3.63) is 34.9 Å². The van der Waals surface area contributed by atoms with E-state index in [4.69, 9.17) is 5.10 Å². The van der Waals surface area contributed by atoms with Crippen molar-refractivity contribution in [2.75, 3.05) is 6.54 Å². The molecule has 2 aromatic heterocycles. The molecule has 5 heteroatoms. The molecule has 0 amide bonds. The van der Waals surface area contributed by atoms with E-state index in [0.29, 0.717) is 0 Å². The maximum Gasteiger partial charge on any atom is 0.0693 e. The lowest BCUT2D eigenvalue weighted by molar-refractivity contribution is 0.645. The first-order chi connectivity index (χ1) is 10.2. The van der Waals surface area contributed by atoms with Crippen molar-refractivity contribution in [1.82, 2.24) is 24.9 Å². The molecule has 21 heavy (non-hydrogen) atoms. The summed E-state index contributed by atoms with van der Waals surface area (Å²) in [6, 6.07) is 0.778. The Kier molecular flexibility index (Phi) is 4.10. The quantitative estimate of drug-likeness (QED) is 0.848. The van der Waals surface area contributed by atoms with Crippen LogP contribution in [-0.4, -0.2) is 32.1 Å². The average Bonchev–Trinajstić information content (AvgIpc) is 3.12. The van der Waals surface area contributed by atoms with Crippen molar-refractivity contribution in [2.24, 2.45) is 0 Å². The van der Waals surface area contributed by atoms with Gasteiger partial charge in [-0.1, -0.05) is 0 Å². The standard InChI is InChI=1S/C16H25N5/c1-4-20-10-14(9-18-20)11-21-13(3)16(12(2)19-21)7-8-17-15-5-6-15/h9-10,15,17H,4-8,11H2,1-3H3. The maximum absolute atomic E-state index is 4.71. The molecule has 0 aromatic carbocycles. The summed E-state index contributed by atoms with van der Waals surface area (Å²) in [5.41, 5.74) is 5.05. The van der Waals surface area contributed by atoms with Crippen LogP contribution in [0.2, 0.25) is 0 Å². The predicted molar refractivity (Wildman–Crippen MR) is 83.4 cm³/mol. The topological polar surface area (TPSA) is 47.7 Å². The van der Waals surface area contributed by atoms with Crippen molar-refractivity contribution in [1.29, 1.82) is 0 Å². The van der Waals surface area contributed by atoms with E-state index in [1.165, 1.54) is 29.7 Å². The fourth-order valence-electron chi connectivity index (χ4n) is 2.77. The lowest BCUT2D eigenvalue weighted by Gasteiger charge is -2.05. The molecule has 2 aromatic rings. The van der Waals surface area contributed by atoms with Gasteiger partial charge in [-0.05, 0) is 52.1 Å². The summed E-state index contributed by atoms with van der Waals surface area (Å²) in [6.45, 7) is 9.18. The van der Waals surface area contributed by atoms with E-state index in [1.807, 2.05) is 10.9 Å². The highest BCUT2D eigenvalue weighted by molar-refractivity contribution is 5.25. The minimum Gasteiger partial charge on any atom is -0.314 e. The first-order valence-corrected chi connectivity index (χ1v) is 7.95. The van der Waals surface area contributed by atoms with E-state index in [1.54, 1.807) is 0 Å². The summed E-state index contributed by atoms with van der Waals surface area (Å²) >= 11 is 0. The Morgan fingerprint density at radius 2 is 2.14 bits per heavy atom. The van der Waals surface area contributed by atoms with E-state index >= 15 is 0 Å². The molecule has 2 heterocycles. The monoisotopic (exact) mass is 287 g/mol. The molecule has 5 nitrogen and oxygen atoms in total. The van der Waals surface area contributed by atoms with Crippen LogP contribution in [0.1, 0.15) is 42.3 Å². The van der Waals surface area contributed by atoms with Gasteiger partial charge in [-0.2, -0.15) is 10.2 Å². The molecule has 1 saturated carbocycles. The van der Waals surface area contributed by atoms with E-state index in [9.17, 15) is 0 Å². The van der Waals surface area contributed by atoms with Gasteiger partial charge in [0.1, 0.15) is 0 Å². The molecule has 1 fully saturated rings. The molecule has 0 unspecified atom stereocenters. The molecule has 0 radical (unpaired) electrons. The first-order valence-electron chi connectivity index (χ1n) is 7.95. The van der Waals surface area contributed by atoms with Crippen LogP contribution in [0.5, 0.6) is 0 Å². The lowest BCUT2D eigenvalue weighted by atomic mass is 10.1. The highest BCUT2D eigenvalue weighted by Gasteiger charge is 2.20. The van der Waals surface area contributed by atoms with Crippen LogP contribution in [0, 0.1) is 13.8 Å². The zero-order chi connectivity index (χ0) is 14.8. The first kappa shape index (κ1) is 14.3. The Labute approximate surface area is 126 Å². The van der Waals surface area contributed by atoms with Gasteiger partial charge in [0.2, 0.25) is 0 Å². The van der Waals surface area contributed by atoms with Crippen LogP contribution >= 0.6 is 0 Å². The fourth-order valence-corrected chi connectivity index (χ4v) is 2.77. The van der Waals surface area contributed by atoms with E-state index in [2.05, 4.69) is 42.1 Å². The summed E-state index contributed by atoms with van der Waals surface area (Å²) < 4.78 is 4.07. The molecule has 0 bridgehead atoms. The third kappa shape index (κ3) is 3.35. The van der Waals surface area contributed by atoms with E-state index in [-0.39, 0.29) is 0 Å². The normalized spacial score (nSPS) is 14.8. The maximum atomic E-state index is 4.71. The minimum atomic E-state index is 0.778. The van der Waals surface area contributed by atoms with Crippen LogP contribution in [0.3, 0.4) is 0 Å². The number of hydrogen-bond donors (Lipinski definition) is 1. The van der Waals surface area contributed by atoms with Crippen molar-refractivity contribution < 1.29 is 0 Å². The highest BCUT2D eigenvalue weighted by atomic mass is 15.3. The number of aryl methyl sites for hydroxylation is 2. The van der Waals surface area contributed by atoms with E-state index < -0.39 is 0 Å². The van der Waals surface area contributed by atoms with Crippen molar-refractivity contribution in [3.63, 3.8) is 0 Å². The fraction of sp³-hybridized carbons (Fsp3) is 0.625. The molecule has 0 spiro atoms. The van der Waals surface area contributed by atoms with Gasteiger partial charge >= 0.3 is 0 Å². The number of nitrogens with zero attached hydrogens (tertiary/aromatic N) is 4. The second kappa shape index (κ2) is 6.02. The molecule has 0 atom stereocenters. The number of nitrogens with one attached hydrogen (secondary N) is 1. The highest BCUT2D eigenvalue weighted by Crippen LogP contribution is 2.19. The Bertz CT molecular complexity index is 606. The van der Waals surface area contributed by atoms with Gasteiger partial charge in [0.05, 0.1) is 18.4 Å². The summed E-state index contributed by atoms with van der Waals surface area (Å²) in [4.78, 5) is 0. The van der Waals surface area contributed by atoms with Crippen LogP contribution in [0.15, 0.2) is 12.4 Å². The second-order valence-electron chi connectivity index (χ2n) is 5.99. The van der Waals surface area contributed by atoms with Gasteiger partial charge in [0, 0.05) is 30.0 Å². The number of hydrogen-bond acceptors (Lipinski definition) is 3. The van der Waals surface area contributed by atoms with Gasteiger partial charge in [-0.15, -0.1) is 0 Å². The molecule has 114 valence electrons. The SMILES string of the molecule is CCn1cc(Cn2nc(C)c(CCNC3CC3)c2C)cn1. The Balaban J connectivity index is 1.67. The van der Waals surface area contributed by atoms with Crippen molar-refractivity contribution >= 4 is 0 Å². The van der Waals surface area contributed by atoms with Crippen molar-refractivity contribution in [3.8, 4) is 0 Å². The van der Waals surface area contributed by atoms with Crippen LogP contribution in [-0.2, 0) is 19.5 Å². The smallest absolute Gasteiger partial charge is 0.0693 e. The molecule has 0 saturated heterocycles. The van der Waals surface area contributed by atoms with Gasteiger partial charge in [-0.3, -0.25) is 9.36 Å². The number of rotatable bonds is 7. The Morgan fingerprint density at radius 3 is 2.81 bits per heavy atom. The van der Waals surface area contributed by atoms with E-state index in [0.717, 1.165) is 37.8 Å². The zero-order valence-corrected chi connectivity index (χ0v) is 13.3. The van der Waals surface area contributed by atoms with Gasteiger partial charge in [-0.25, -0.2) is 0 Å². The third-order valence-corrected chi connectivity index (χ3v) is 4.26. The largest absolute Gasteiger partial charge is 0.314 e. The molecular formula is C16H25N5. The molecule has 0 aliphatic heterocycles. The molecule has 1 aliphatic carbocycles. The van der Waals surface area contributed by atoms with Gasteiger partial charge in [0.25, 0.3) is 0 Å². The Hall–Kier alpha value is -1.62. The third-order valence-electron chi connectivity index (χ3n) is 4.26. The average molecular weight is 287 g/mol.